The van der Waals surface area contributed by atoms with Crippen molar-refractivity contribution in [3.8, 4) is 11.3 Å². The Hall–Kier alpha value is -4.00. The van der Waals surface area contributed by atoms with Crippen molar-refractivity contribution in [1.82, 2.24) is 20.2 Å². The number of hydrogen-bond acceptors (Lipinski definition) is 5. The highest BCUT2D eigenvalue weighted by molar-refractivity contribution is 6.07. The second-order valence-electron chi connectivity index (χ2n) is 7.86. The molecule has 2 amide bonds. The molecule has 0 atom stereocenters. The maximum atomic E-state index is 13.3. The maximum absolute atomic E-state index is 13.3. The van der Waals surface area contributed by atoms with Gasteiger partial charge in [0.2, 0.25) is 0 Å². The van der Waals surface area contributed by atoms with Crippen molar-refractivity contribution in [2.75, 3.05) is 13.1 Å². The summed E-state index contributed by atoms with van der Waals surface area (Å²) in [5.41, 5.74) is 3.56. The van der Waals surface area contributed by atoms with Gasteiger partial charge in [-0.2, -0.15) is 0 Å². The van der Waals surface area contributed by atoms with Gasteiger partial charge in [0.15, 0.2) is 0 Å². The summed E-state index contributed by atoms with van der Waals surface area (Å²) in [7, 11) is 0. The Morgan fingerprint density at radius 2 is 1.81 bits per heavy atom. The molecule has 1 saturated heterocycles. The summed E-state index contributed by atoms with van der Waals surface area (Å²) >= 11 is 0. The summed E-state index contributed by atoms with van der Waals surface area (Å²) in [5.74, 6) is -0.163. The fraction of sp³-hybridized carbons (Fsp3) is 0.200. The Labute approximate surface area is 185 Å². The molecule has 4 aromatic rings. The van der Waals surface area contributed by atoms with E-state index < -0.39 is 0 Å². The number of fused-ring (bicyclic) bond motifs is 1. The molecule has 0 bridgehead atoms. The predicted octanol–water partition coefficient (Wildman–Crippen LogP) is 3.92. The number of piperidine rings is 1. The van der Waals surface area contributed by atoms with E-state index in [0.717, 1.165) is 22.2 Å². The first-order valence-corrected chi connectivity index (χ1v) is 10.6. The fourth-order valence-electron chi connectivity index (χ4n) is 4.09. The molecule has 0 unspecified atom stereocenters. The van der Waals surface area contributed by atoms with Gasteiger partial charge in [-0.15, -0.1) is 0 Å². The van der Waals surface area contributed by atoms with Crippen LogP contribution in [0, 0.1) is 0 Å². The number of aromatic nitrogens is 2. The molecule has 0 radical (unpaired) electrons. The highest BCUT2D eigenvalue weighted by atomic mass is 16.3. The van der Waals surface area contributed by atoms with Gasteiger partial charge in [0, 0.05) is 42.5 Å². The van der Waals surface area contributed by atoms with Crippen LogP contribution in [0.15, 0.2) is 77.9 Å². The molecule has 4 heterocycles. The topological polar surface area (TPSA) is 88.3 Å². The number of nitrogens with zero attached hydrogens (tertiary/aromatic N) is 3. The van der Waals surface area contributed by atoms with E-state index in [1.807, 2.05) is 42.5 Å². The van der Waals surface area contributed by atoms with E-state index in [4.69, 9.17) is 9.40 Å². The van der Waals surface area contributed by atoms with Crippen LogP contribution in [-0.2, 0) is 0 Å². The zero-order valence-electron chi connectivity index (χ0n) is 17.4. The Morgan fingerprint density at radius 1 is 1.03 bits per heavy atom. The van der Waals surface area contributed by atoms with Crippen LogP contribution in [0.3, 0.4) is 0 Å². The first-order valence-electron chi connectivity index (χ1n) is 10.6. The van der Waals surface area contributed by atoms with E-state index >= 15 is 0 Å². The van der Waals surface area contributed by atoms with E-state index in [1.54, 1.807) is 23.4 Å². The lowest BCUT2D eigenvalue weighted by atomic mass is 10.0. The molecule has 0 spiro atoms. The maximum Gasteiger partial charge on any atom is 0.257 e. The van der Waals surface area contributed by atoms with Crippen LogP contribution in [0.25, 0.3) is 22.2 Å². The smallest absolute Gasteiger partial charge is 0.257 e. The van der Waals surface area contributed by atoms with Crippen LogP contribution in [0.1, 0.15) is 33.6 Å². The molecule has 32 heavy (non-hydrogen) atoms. The number of carbonyl (C=O) groups excluding carboxylic acids is 2. The molecule has 1 aliphatic rings. The highest BCUT2D eigenvalue weighted by Gasteiger charge is 2.26. The Bertz CT molecular complexity index is 1250. The second-order valence-corrected chi connectivity index (χ2v) is 7.86. The van der Waals surface area contributed by atoms with Gasteiger partial charge in [0.05, 0.1) is 28.6 Å². The molecule has 7 heteroatoms. The molecule has 7 nitrogen and oxygen atoms in total. The third-order valence-corrected chi connectivity index (χ3v) is 5.82. The molecular formula is C25H22N4O3. The van der Waals surface area contributed by atoms with Crippen molar-refractivity contribution < 1.29 is 14.0 Å². The summed E-state index contributed by atoms with van der Waals surface area (Å²) in [6, 6.07) is 14.9. The number of para-hydroxylation sites is 1. The van der Waals surface area contributed by atoms with Crippen molar-refractivity contribution in [3.05, 3.63) is 84.6 Å². The van der Waals surface area contributed by atoms with Crippen molar-refractivity contribution in [3.63, 3.8) is 0 Å². The lowest BCUT2D eigenvalue weighted by Gasteiger charge is -2.32. The van der Waals surface area contributed by atoms with Gasteiger partial charge in [-0.3, -0.25) is 14.6 Å². The average molecular weight is 426 g/mol. The minimum absolute atomic E-state index is 0.00667. The zero-order chi connectivity index (χ0) is 21.9. The number of nitrogens with one attached hydrogen (secondary N) is 1. The van der Waals surface area contributed by atoms with E-state index in [1.165, 1.54) is 12.5 Å². The molecule has 1 N–H and O–H groups in total. The average Bonchev–Trinajstić information content (AvgIpc) is 3.39. The first kappa shape index (κ1) is 19.9. The summed E-state index contributed by atoms with van der Waals surface area (Å²) < 4.78 is 5.01. The predicted molar refractivity (Wildman–Crippen MR) is 120 cm³/mol. The van der Waals surface area contributed by atoms with Crippen molar-refractivity contribution in [2.45, 2.75) is 18.9 Å². The Balaban J connectivity index is 1.34. The lowest BCUT2D eigenvalue weighted by molar-refractivity contribution is 0.0697. The van der Waals surface area contributed by atoms with Crippen LogP contribution < -0.4 is 5.32 Å². The number of likely N-dealkylation sites (tertiary alicyclic amines) is 1. The molecular weight excluding hydrogens is 404 g/mol. The number of amides is 2. The molecule has 1 aliphatic heterocycles. The molecule has 1 fully saturated rings. The Morgan fingerprint density at radius 3 is 2.56 bits per heavy atom. The molecule has 160 valence electrons. The van der Waals surface area contributed by atoms with E-state index in [-0.39, 0.29) is 17.9 Å². The molecule has 5 rings (SSSR count). The molecule has 1 aromatic carbocycles. The number of rotatable bonds is 4. The zero-order valence-corrected chi connectivity index (χ0v) is 17.4. The lowest BCUT2D eigenvalue weighted by Crippen LogP contribution is -2.46. The third kappa shape index (κ3) is 3.97. The highest BCUT2D eigenvalue weighted by Crippen LogP contribution is 2.25. The van der Waals surface area contributed by atoms with Crippen LogP contribution in [0.4, 0.5) is 0 Å². The van der Waals surface area contributed by atoms with Crippen LogP contribution in [-0.4, -0.2) is 45.8 Å². The van der Waals surface area contributed by atoms with Gasteiger partial charge < -0.3 is 14.6 Å². The molecule has 3 aromatic heterocycles. The number of hydrogen-bond donors (Lipinski definition) is 1. The van der Waals surface area contributed by atoms with Crippen molar-refractivity contribution in [2.24, 2.45) is 0 Å². The van der Waals surface area contributed by atoms with Gasteiger partial charge in [0.25, 0.3) is 11.8 Å². The van der Waals surface area contributed by atoms with Gasteiger partial charge in [0.1, 0.15) is 6.26 Å². The summed E-state index contributed by atoms with van der Waals surface area (Å²) in [5, 5.41) is 3.98. The van der Waals surface area contributed by atoms with Crippen LogP contribution in [0.2, 0.25) is 0 Å². The number of pyridine rings is 2. The largest absolute Gasteiger partial charge is 0.472 e. The van der Waals surface area contributed by atoms with E-state index in [2.05, 4.69) is 10.3 Å². The van der Waals surface area contributed by atoms with Crippen LogP contribution >= 0.6 is 0 Å². The third-order valence-electron chi connectivity index (χ3n) is 5.82. The van der Waals surface area contributed by atoms with Gasteiger partial charge in [-0.05, 0) is 43.2 Å². The monoisotopic (exact) mass is 426 g/mol. The van der Waals surface area contributed by atoms with Gasteiger partial charge in [-0.1, -0.05) is 18.2 Å². The minimum Gasteiger partial charge on any atom is -0.472 e. The van der Waals surface area contributed by atoms with E-state index in [9.17, 15) is 9.59 Å². The standard InChI is InChI=1S/C25H22N4O3/c30-24(27-19-7-12-29(13-8-19)25(31)18-9-14-32-16-18)21-15-23(17-5-10-26-11-6-17)28-22-4-2-1-3-20(21)22/h1-6,9-11,14-16,19H,7-8,12-13H2,(H,27,30). The number of furan rings is 1. The summed E-state index contributed by atoms with van der Waals surface area (Å²) in [6.45, 7) is 1.18. The molecule has 0 saturated carbocycles. The number of benzene rings is 1. The minimum atomic E-state index is -0.126. The van der Waals surface area contributed by atoms with Crippen LogP contribution in [0.5, 0.6) is 0 Å². The van der Waals surface area contributed by atoms with Crippen molar-refractivity contribution in [1.29, 1.82) is 0 Å². The summed E-state index contributed by atoms with van der Waals surface area (Å²) in [4.78, 5) is 36.4. The summed E-state index contributed by atoms with van der Waals surface area (Å²) in [6.07, 6.45) is 7.80. The van der Waals surface area contributed by atoms with E-state index in [0.29, 0.717) is 37.1 Å². The first-order chi connectivity index (χ1) is 15.7. The van der Waals surface area contributed by atoms with Gasteiger partial charge in [-0.25, -0.2) is 4.98 Å². The molecule has 0 aliphatic carbocycles. The van der Waals surface area contributed by atoms with Gasteiger partial charge >= 0.3 is 0 Å². The number of carbonyl (C=O) groups is 2. The normalized spacial score (nSPS) is 14.4. The second kappa shape index (κ2) is 8.63. The SMILES string of the molecule is O=C(NC1CCN(C(=O)c2ccoc2)CC1)c1cc(-c2ccncc2)nc2ccccc12. The quantitative estimate of drug-likeness (QED) is 0.534. The Kier molecular flexibility index (Phi) is 5.37. The fourth-order valence-corrected chi connectivity index (χ4v) is 4.09. The van der Waals surface area contributed by atoms with Crippen molar-refractivity contribution >= 4 is 22.7 Å².